The van der Waals surface area contributed by atoms with Crippen molar-refractivity contribution in [1.82, 2.24) is 9.99 Å². The van der Waals surface area contributed by atoms with Gasteiger partial charge in [0.2, 0.25) is 0 Å². The lowest BCUT2D eigenvalue weighted by atomic mass is 9.98. The Morgan fingerprint density at radius 2 is 2.00 bits per heavy atom. The molecule has 0 amide bonds. The fourth-order valence-corrected chi connectivity index (χ4v) is 2.96. The second-order valence-corrected chi connectivity index (χ2v) is 5.98. The predicted molar refractivity (Wildman–Crippen MR) is 89.8 cm³/mol. The van der Waals surface area contributed by atoms with Crippen LogP contribution >= 0.6 is 0 Å². The van der Waals surface area contributed by atoms with Crippen LogP contribution in [0.25, 0.3) is 5.70 Å². The van der Waals surface area contributed by atoms with Crippen LogP contribution in [0, 0.1) is 6.92 Å². The molecule has 1 aliphatic rings. The first-order valence-electron chi connectivity index (χ1n) is 8.14. The van der Waals surface area contributed by atoms with Gasteiger partial charge in [0, 0.05) is 7.05 Å². The fourth-order valence-electron chi connectivity index (χ4n) is 2.96. The van der Waals surface area contributed by atoms with Crippen molar-refractivity contribution in [2.24, 2.45) is 11.6 Å². The van der Waals surface area contributed by atoms with Crippen molar-refractivity contribution in [3.05, 3.63) is 29.2 Å². The summed E-state index contributed by atoms with van der Waals surface area (Å²) >= 11 is 0. The van der Waals surface area contributed by atoms with Crippen molar-refractivity contribution < 1.29 is 4.74 Å². The molecule has 1 aromatic heterocycles. The smallest absolute Gasteiger partial charge is 0.140 e. The zero-order valence-electron chi connectivity index (χ0n) is 13.9. The van der Waals surface area contributed by atoms with Crippen LogP contribution in [-0.4, -0.2) is 23.1 Å². The van der Waals surface area contributed by atoms with Gasteiger partial charge in [-0.05, 0) is 51.2 Å². The van der Waals surface area contributed by atoms with Gasteiger partial charge in [-0.2, -0.15) is 0 Å². The van der Waals surface area contributed by atoms with Crippen molar-refractivity contribution in [2.45, 2.75) is 58.5 Å². The first kappa shape index (κ1) is 16.6. The molecule has 1 aromatic rings. The summed E-state index contributed by atoms with van der Waals surface area (Å²) in [6, 6.07) is 3.89. The summed E-state index contributed by atoms with van der Waals surface area (Å²) < 4.78 is 6.10. The molecule has 4 N–H and O–H groups in total. The molecule has 1 saturated carbocycles. The molecule has 122 valence electrons. The highest BCUT2D eigenvalue weighted by Gasteiger charge is 2.17. The van der Waals surface area contributed by atoms with E-state index in [9.17, 15) is 0 Å². The molecular formula is C17H28N4O. The van der Waals surface area contributed by atoms with E-state index in [2.05, 4.69) is 4.98 Å². The molecule has 0 aromatic carbocycles. The first-order valence-corrected chi connectivity index (χ1v) is 8.14. The maximum Gasteiger partial charge on any atom is 0.140 e. The van der Waals surface area contributed by atoms with Crippen LogP contribution in [0.5, 0.6) is 5.75 Å². The number of allylic oxidation sites excluding steroid dienone is 1. The lowest BCUT2D eigenvalue weighted by molar-refractivity contribution is 0.153. The maximum atomic E-state index is 6.21. The minimum absolute atomic E-state index is 0.328. The normalized spacial score (nSPS) is 17.1. The minimum Gasteiger partial charge on any atom is -0.489 e. The van der Waals surface area contributed by atoms with Crippen molar-refractivity contribution in [2.75, 3.05) is 7.05 Å². The van der Waals surface area contributed by atoms with Crippen LogP contribution < -0.4 is 16.3 Å². The van der Waals surface area contributed by atoms with Gasteiger partial charge in [-0.1, -0.05) is 13.3 Å². The number of pyridine rings is 1. The van der Waals surface area contributed by atoms with E-state index in [1.54, 1.807) is 12.1 Å². The molecule has 22 heavy (non-hydrogen) atoms. The van der Waals surface area contributed by atoms with E-state index in [1.165, 1.54) is 19.3 Å². The molecule has 1 heterocycles. The van der Waals surface area contributed by atoms with Gasteiger partial charge >= 0.3 is 0 Å². The van der Waals surface area contributed by atoms with E-state index < -0.39 is 0 Å². The minimum atomic E-state index is 0.328. The Balaban J connectivity index is 2.18. The zero-order valence-corrected chi connectivity index (χ0v) is 13.9. The third-order valence-corrected chi connectivity index (χ3v) is 4.23. The number of aryl methyl sites for hydroxylation is 1. The molecule has 0 atom stereocenters. The van der Waals surface area contributed by atoms with Crippen molar-refractivity contribution in [1.29, 1.82) is 0 Å². The zero-order chi connectivity index (χ0) is 16.1. The predicted octanol–water partition coefficient (Wildman–Crippen LogP) is 2.94. The molecule has 1 fully saturated rings. The summed E-state index contributed by atoms with van der Waals surface area (Å²) in [6.45, 7) is 3.99. The standard InChI is InChI=1S/C17H28N4O/c1-4-15(21(3)19)17(18)14-10-11-16(12(2)20-14)22-13-8-6-5-7-9-13/h10-11,13H,4-9,18-19H2,1-3H3/b17-15-. The highest BCUT2D eigenvalue weighted by molar-refractivity contribution is 5.63. The van der Waals surface area contributed by atoms with E-state index in [1.807, 2.05) is 26.0 Å². The molecule has 0 radical (unpaired) electrons. The molecule has 1 aliphatic carbocycles. The Morgan fingerprint density at radius 1 is 1.32 bits per heavy atom. The largest absolute Gasteiger partial charge is 0.489 e. The number of hydrogen-bond donors (Lipinski definition) is 2. The van der Waals surface area contributed by atoms with Gasteiger partial charge in [0.1, 0.15) is 5.75 Å². The Bertz CT molecular complexity index is 533. The second kappa shape index (κ2) is 7.49. The fraction of sp³-hybridized carbons (Fsp3) is 0.588. The lowest BCUT2D eigenvalue weighted by Gasteiger charge is -2.24. The first-order chi connectivity index (χ1) is 10.5. The summed E-state index contributed by atoms with van der Waals surface area (Å²) in [4.78, 5) is 4.60. The van der Waals surface area contributed by atoms with E-state index >= 15 is 0 Å². The summed E-state index contributed by atoms with van der Waals surface area (Å²) in [6.07, 6.45) is 7.21. The average Bonchev–Trinajstić information content (AvgIpc) is 2.50. The quantitative estimate of drug-likeness (QED) is 0.646. The molecule has 5 nitrogen and oxygen atoms in total. The second-order valence-electron chi connectivity index (χ2n) is 5.98. The van der Waals surface area contributed by atoms with Gasteiger partial charge in [0.25, 0.3) is 0 Å². The number of hydrogen-bond acceptors (Lipinski definition) is 5. The van der Waals surface area contributed by atoms with E-state index in [-0.39, 0.29) is 0 Å². The number of ether oxygens (including phenoxy) is 1. The number of nitrogens with two attached hydrogens (primary N) is 2. The third-order valence-electron chi connectivity index (χ3n) is 4.23. The summed E-state index contributed by atoms with van der Waals surface area (Å²) in [5.41, 5.74) is 9.34. The highest BCUT2D eigenvalue weighted by Crippen LogP contribution is 2.26. The Labute approximate surface area is 133 Å². The van der Waals surface area contributed by atoms with Crippen molar-refractivity contribution in [3.8, 4) is 5.75 Å². The van der Waals surface area contributed by atoms with E-state index in [0.717, 1.165) is 42.1 Å². The Morgan fingerprint density at radius 3 is 2.55 bits per heavy atom. The van der Waals surface area contributed by atoms with Crippen LogP contribution in [0.3, 0.4) is 0 Å². The number of rotatable bonds is 5. The van der Waals surface area contributed by atoms with Crippen LogP contribution in [-0.2, 0) is 0 Å². The Hall–Kier alpha value is -1.75. The van der Waals surface area contributed by atoms with Gasteiger partial charge in [-0.15, -0.1) is 0 Å². The summed E-state index contributed by atoms with van der Waals surface area (Å²) in [5.74, 6) is 6.68. The lowest BCUT2D eigenvalue weighted by Crippen LogP contribution is -2.27. The number of nitrogens with zero attached hydrogens (tertiary/aromatic N) is 2. The molecule has 0 unspecified atom stereocenters. The molecule has 0 aliphatic heterocycles. The summed E-state index contributed by atoms with van der Waals surface area (Å²) in [7, 11) is 1.79. The summed E-state index contributed by atoms with van der Waals surface area (Å²) in [5, 5.41) is 1.55. The van der Waals surface area contributed by atoms with Gasteiger partial charge in [0.15, 0.2) is 0 Å². The SMILES string of the molecule is CC/C(=C(/N)c1ccc(OC2CCCCC2)c(C)n1)N(C)N. The molecule has 2 rings (SSSR count). The maximum absolute atomic E-state index is 6.21. The third kappa shape index (κ3) is 3.91. The van der Waals surface area contributed by atoms with Crippen LogP contribution in [0.1, 0.15) is 56.8 Å². The number of aromatic nitrogens is 1. The van der Waals surface area contributed by atoms with Gasteiger partial charge in [0.05, 0.1) is 28.9 Å². The topological polar surface area (TPSA) is 77.4 Å². The molecule has 0 saturated heterocycles. The van der Waals surface area contributed by atoms with Gasteiger partial charge in [-0.3, -0.25) is 0 Å². The van der Waals surface area contributed by atoms with Gasteiger partial charge < -0.3 is 15.5 Å². The molecule has 0 spiro atoms. The Kier molecular flexibility index (Phi) is 5.66. The van der Waals surface area contributed by atoms with E-state index in [4.69, 9.17) is 16.3 Å². The number of hydrazine groups is 1. The molecule has 0 bridgehead atoms. The van der Waals surface area contributed by atoms with Crippen LogP contribution in [0.4, 0.5) is 0 Å². The van der Waals surface area contributed by atoms with Crippen LogP contribution in [0.15, 0.2) is 17.8 Å². The van der Waals surface area contributed by atoms with Gasteiger partial charge in [-0.25, -0.2) is 10.8 Å². The highest BCUT2D eigenvalue weighted by atomic mass is 16.5. The molecule has 5 heteroatoms. The average molecular weight is 304 g/mol. The monoisotopic (exact) mass is 304 g/mol. The van der Waals surface area contributed by atoms with Crippen molar-refractivity contribution in [3.63, 3.8) is 0 Å². The molecular weight excluding hydrogens is 276 g/mol. The van der Waals surface area contributed by atoms with Crippen LogP contribution in [0.2, 0.25) is 0 Å². The van der Waals surface area contributed by atoms with E-state index in [0.29, 0.717) is 11.8 Å². The van der Waals surface area contributed by atoms with Crippen molar-refractivity contribution >= 4 is 5.70 Å².